The molecule has 1 saturated heterocycles. The summed E-state index contributed by atoms with van der Waals surface area (Å²) in [7, 11) is 0. The summed E-state index contributed by atoms with van der Waals surface area (Å²) in [6.45, 7) is 0. The molecular weight excluding hydrogens is 260 g/mol. The molecule has 0 radical (unpaired) electrons. The zero-order chi connectivity index (χ0) is 11.4. The molecule has 0 saturated carbocycles. The number of halogens is 1. The molecule has 1 aliphatic rings. The van der Waals surface area contributed by atoms with E-state index in [-0.39, 0.29) is 6.04 Å². The van der Waals surface area contributed by atoms with Crippen LogP contribution in [0.5, 0.6) is 0 Å². The maximum absolute atomic E-state index is 6.00. The summed E-state index contributed by atoms with van der Waals surface area (Å²) < 4.78 is 0. The van der Waals surface area contributed by atoms with Gasteiger partial charge in [0.15, 0.2) is 0 Å². The Labute approximate surface area is 110 Å². The second kappa shape index (κ2) is 6.17. The van der Waals surface area contributed by atoms with Gasteiger partial charge in [-0.05, 0) is 17.7 Å². The van der Waals surface area contributed by atoms with Crippen LogP contribution in [-0.2, 0) is 0 Å². The van der Waals surface area contributed by atoms with Crippen LogP contribution in [0, 0.1) is 0 Å². The molecule has 2 rings (SSSR count). The van der Waals surface area contributed by atoms with Crippen molar-refractivity contribution in [3.63, 3.8) is 0 Å². The van der Waals surface area contributed by atoms with E-state index in [2.05, 4.69) is 11.5 Å². The fraction of sp³-hybridized carbons (Fsp3) is 0.455. The number of hydrogen-bond donors (Lipinski definition) is 2. The Bertz CT molecular complexity index is 343. The van der Waals surface area contributed by atoms with E-state index in [0.717, 1.165) is 10.8 Å². The molecule has 1 fully saturated rings. The van der Waals surface area contributed by atoms with Gasteiger partial charge in [-0.2, -0.15) is 23.5 Å². The van der Waals surface area contributed by atoms with E-state index in [0.29, 0.717) is 5.25 Å². The van der Waals surface area contributed by atoms with Gasteiger partial charge >= 0.3 is 0 Å². The first-order valence-electron chi connectivity index (χ1n) is 5.22. The first-order chi connectivity index (χ1) is 7.81. The van der Waals surface area contributed by atoms with Crippen LogP contribution in [0.3, 0.4) is 0 Å². The van der Waals surface area contributed by atoms with Crippen LogP contribution in [-0.4, -0.2) is 22.5 Å². The van der Waals surface area contributed by atoms with Crippen LogP contribution in [0.15, 0.2) is 24.3 Å². The summed E-state index contributed by atoms with van der Waals surface area (Å²) in [5.41, 5.74) is 4.10. The molecule has 1 aromatic carbocycles. The summed E-state index contributed by atoms with van der Waals surface area (Å²) >= 11 is 9.99. The Morgan fingerprint density at radius 3 is 2.94 bits per heavy atom. The third-order valence-corrected chi connectivity index (χ3v) is 5.70. The highest BCUT2D eigenvalue weighted by atomic mass is 35.5. The van der Waals surface area contributed by atoms with Gasteiger partial charge in [0.25, 0.3) is 0 Å². The number of nitrogens with two attached hydrogens (primary N) is 1. The standard InChI is InChI=1S/C11H15ClN2S2/c12-9-3-1-2-8(6-9)11(14-13)10-7-15-4-5-16-10/h1-3,6,10-11,14H,4-5,7,13H2. The maximum atomic E-state index is 6.00. The van der Waals surface area contributed by atoms with Crippen molar-refractivity contribution in [3.05, 3.63) is 34.9 Å². The minimum Gasteiger partial charge on any atom is -0.271 e. The lowest BCUT2D eigenvalue weighted by Gasteiger charge is -2.29. The third-order valence-electron chi connectivity index (χ3n) is 2.60. The number of thioether (sulfide) groups is 2. The molecule has 2 unspecified atom stereocenters. The Hall–Kier alpha value is 0.130. The molecular formula is C11H15ClN2S2. The van der Waals surface area contributed by atoms with E-state index in [1.54, 1.807) is 0 Å². The fourth-order valence-electron chi connectivity index (χ4n) is 1.82. The van der Waals surface area contributed by atoms with Crippen LogP contribution in [0.1, 0.15) is 11.6 Å². The molecule has 88 valence electrons. The fourth-order valence-corrected chi connectivity index (χ4v) is 4.87. The first-order valence-corrected chi connectivity index (χ1v) is 7.80. The van der Waals surface area contributed by atoms with E-state index < -0.39 is 0 Å². The number of rotatable bonds is 3. The predicted octanol–water partition coefficient (Wildman–Crippen LogP) is 2.69. The average Bonchev–Trinajstić information content (AvgIpc) is 2.31. The zero-order valence-corrected chi connectivity index (χ0v) is 11.2. The topological polar surface area (TPSA) is 38.0 Å². The third kappa shape index (κ3) is 3.08. The molecule has 5 heteroatoms. The van der Waals surface area contributed by atoms with Gasteiger partial charge in [-0.3, -0.25) is 11.3 Å². The Kier molecular flexibility index (Phi) is 4.85. The van der Waals surface area contributed by atoms with Gasteiger partial charge in [0.2, 0.25) is 0 Å². The van der Waals surface area contributed by atoms with E-state index in [4.69, 9.17) is 17.4 Å². The molecule has 0 spiro atoms. The van der Waals surface area contributed by atoms with Crippen molar-refractivity contribution in [3.8, 4) is 0 Å². The van der Waals surface area contributed by atoms with Gasteiger partial charge in [0, 0.05) is 27.5 Å². The molecule has 16 heavy (non-hydrogen) atoms. The highest BCUT2D eigenvalue weighted by Crippen LogP contribution is 2.33. The number of nitrogens with one attached hydrogen (secondary N) is 1. The Morgan fingerprint density at radius 2 is 2.31 bits per heavy atom. The second-order valence-corrected chi connectivity index (χ2v) is 6.62. The second-order valence-electron chi connectivity index (χ2n) is 3.68. The number of hydrogen-bond acceptors (Lipinski definition) is 4. The molecule has 0 bridgehead atoms. The normalized spacial score (nSPS) is 23.0. The lowest BCUT2D eigenvalue weighted by atomic mass is 10.1. The highest BCUT2D eigenvalue weighted by molar-refractivity contribution is 8.06. The average molecular weight is 275 g/mol. The molecule has 0 aromatic heterocycles. The van der Waals surface area contributed by atoms with Crippen molar-refractivity contribution in [1.82, 2.24) is 5.43 Å². The molecule has 1 aliphatic heterocycles. The molecule has 1 heterocycles. The van der Waals surface area contributed by atoms with Gasteiger partial charge < -0.3 is 0 Å². The van der Waals surface area contributed by atoms with Crippen molar-refractivity contribution >= 4 is 35.1 Å². The SMILES string of the molecule is NNC(c1cccc(Cl)c1)C1CSCCS1. The van der Waals surface area contributed by atoms with Crippen molar-refractivity contribution in [2.24, 2.45) is 5.84 Å². The molecule has 1 aromatic rings. The van der Waals surface area contributed by atoms with Crippen LogP contribution < -0.4 is 11.3 Å². The summed E-state index contributed by atoms with van der Waals surface area (Å²) in [6, 6.07) is 8.13. The van der Waals surface area contributed by atoms with Crippen LogP contribution in [0.25, 0.3) is 0 Å². The smallest absolute Gasteiger partial charge is 0.0587 e. The quantitative estimate of drug-likeness (QED) is 0.657. The predicted molar refractivity (Wildman–Crippen MR) is 75.1 cm³/mol. The first kappa shape index (κ1) is 12.6. The molecule has 0 amide bonds. The van der Waals surface area contributed by atoms with Crippen LogP contribution in [0.4, 0.5) is 0 Å². The summed E-state index contributed by atoms with van der Waals surface area (Å²) in [4.78, 5) is 0. The van der Waals surface area contributed by atoms with Crippen molar-refractivity contribution in [2.75, 3.05) is 17.3 Å². The molecule has 2 nitrogen and oxygen atoms in total. The van der Waals surface area contributed by atoms with Gasteiger partial charge in [0.05, 0.1) is 6.04 Å². The van der Waals surface area contributed by atoms with E-state index in [9.17, 15) is 0 Å². The largest absolute Gasteiger partial charge is 0.271 e. The van der Waals surface area contributed by atoms with Crippen molar-refractivity contribution in [1.29, 1.82) is 0 Å². The lowest BCUT2D eigenvalue weighted by molar-refractivity contribution is 0.553. The molecule has 2 atom stereocenters. The maximum Gasteiger partial charge on any atom is 0.0587 e. The van der Waals surface area contributed by atoms with Gasteiger partial charge in [-0.25, -0.2) is 0 Å². The van der Waals surface area contributed by atoms with E-state index >= 15 is 0 Å². The Balaban J connectivity index is 2.14. The number of benzene rings is 1. The van der Waals surface area contributed by atoms with Gasteiger partial charge in [-0.1, -0.05) is 23.7 Å². The molecule has 3 N–H and O–H groups in total. The van der Waals surface area contributed by atoms with Crippen LogP contribution in [0.2, 0.25) is 5.02 Å². The zero-order valence-electron chi connectivity index (χ0n) is 8.86. The van der Waals surface area contributed by atoms with Gasteiger partial charge in [0.1, 0.15) is 0 Å². The minimum atomic E-state index is 0.191. The lowest BCUT2D eigenvalue weighted by Crippen LogP contribution is -2.37. The summed E-state index contributed by atoms with van der Waals surface area (Å²) in [5, 5.41) is 1.30. The van der Waals surface area contributed by atoms with Crippen molar-refractivity contribution in [2.45, 2.75) is 11.3 Å². The Morgan fingerprint density at radius 1 is 1.44 bits per heavy atom. The van der Waals surface area contributed by atoms with E-state index in [1.807, 2.05) is 41.7 Å². The molecule has 0 aliphatic carbocycles. The van der Waals surface area contributed by atoms with Gasteiger partial charge in [-0.15, -0.1) is 0 Å². The van der Waals surface area contributed by atoms with Crippen molar-refractivity contribution < 1.29 is 0 Å². The highest BCUT2D eigenvalue weighted by Gasteiger charge is 2.25. The van der Waals surface area contributed by atoms with Crippen LogP contribution >= 0.6 is 35.1 Å². The minimum absolute atomic E-state index is 0.191. The monoisotopic (exact) mass is 274 g/mol. The number of hydrazine groups is 1. The van der Waals surface area contributed by atoms with E-state index in [1.165, 1.54) is 17.1 Å². The summed E-state index contributed by atoms with van der Waals surface area (Å²) in [5.74, 6) is 9.26. The summed E-state index contributed by atoms with van der Waals surface area (Å²) in [6.07, 6.45) is 0.